The minimum atomic E-state index is -0.113. The zero-order chi connectivity index (χ0) is 16.6. The zero-order valence-corrected chi connectivity index (χ0v) is 14.5. The molecular weight excluding hydrogens is 278 g/mol. The predicted molar refractivity (Wildman–Crippen MR) is 99.5 cm³/mol. The molecule has 0 radical (unpaired) electrons. The normalized spacial score (nSPS) is 14.2. The van der Waals surface area contributed by atoms with Crippen molar-refractivity contribution in [3.8, 4) is 11.1 Å². The molecule has 1 aliphatic carbocycles. The van der Waals surface area contributed by atoms with E-state index in [1.165, 1.54) is 33.4 Å². The van der Waals surface area contributed by atoms with Crippen LogP contribution in [0.2, 0.25) is 0 Å². The van der Waals surface area contributed by atoms with Gasteiger partial charge in [-0.1, -0.05) is 56.3 Å². The second kappa shape index (κ2) is 5.73. The minimum Gasteiger partial charge on any atom is -0.404 e. The molecule has 3 rings (SSSR count). The van der Waals surface area contributed by atoms with Crippen molar-refractivity contribution < 1.29 is 0 Å². The van der Waals surface area contributed by atoms with Crippen molar-refractivity contribution in [1.29, 1.82) is 0 Å². The van der Waals surface area contributed by atoms with E-state index in [0.29, 0.717) is 0 Å². The Morgan fingerprint density at radius 1 is 1.09 bits per heavy atom. The molecule has 0 bridgehead atoms. The summed E-state index contributed by atoms with van der Waals surface area (Å²) in [6.45, 7) is 8.75. The van der Waals surface area contributed by atoms with E-state index in [-0.39, 0.29) is 5.41 Å². The second-order valence-corrected chi connectivity index (χ2v) is 6.91. The number of rotatable bonds is 3. The average molecular weight is 303 g/mol. The second-order valence-electron chi connectivity index (χ2n) is 6.91. The molecule has 1 aliphatic rings. The lowest BCUT2D eigenvalue weighted by molar-refractivity contribution is 0.632. The quantitative estimate of drug-likeness (QED) is 0.656. The van der Waals surface area contributed by atoms with Crippen LogP contribution < -0.4 is 5.73 Å². The molecule has 118 valence electrons. The molecular formula is C22H25N. The SMILES string of the molecule is C/C=C\C(=C\N)C(C)(C)c1cc2c(cc1C)Cc1ccccc1-2. The van der Waals surface area contributed by atoms with Crippen molar-refractivity contribution >= 4 is 0 Å². The molecule has 0 fully saturated rings. The topological polar surface area (TPSA) is 26.0 Å². The average Bonchev–Trinajstić information content (AvgIpc) is 2.88. The molecule has 0 spiro atoms. The Kier molecular flexibility index (Phi) is 3.89. The van der Waals surface area contributed by atoms with Crippen molar-refractivity contribution in [2.45, 2.75) is 39.5 Å². The van der Waals surface area contributed by atoms with E-state index in [1.54, 1.807) is 6.20 Å². The number of fused-ring (bicyclic) bond motifs is 3. The third-order valence-corrected chi connectivity index (χ3v) is 5.06. The van der Waals surface area contributed by atoms with E-state index in [4.69, 9.17) is 5.73 Å². The smallest absolute Gasteiger partial charge is 0.0163 e. The van der Waals surface area contributed by atoms with Gasteiger partial charge in [0, 0.05) is 5.41 Å². The molecule has 2 N–H and O–H groups in total. The van der Waals surface area contributed by atoms with E-state index >= 15 is 0 Å². The Labute approximate surface area is 139 Å². The van der Waals surface area contributed by atoms with Crippen molar-refractivity contribution in [2.24, 2.45) is 5.73 Å². The van der Waals surface area contributed by atoms with E-state index in [9.17, 15) is 0 Å². The summed E-state index contributed by atoms with van der Waals surface area (Å²) >= 11 is 0. The van der Waals surface area contributed by atoms with E-state index < -0.39 is 0 Å². The highest BCUT2D eigenvalue weighted by Gasteiger charge is 2.28. The maximum atomic E-state index is 5.91. The van der Waals surface area contributed by atoms with Gasteiger partial charge in [0.1, 0.15) is 0 Å². The number of aryl methyl sites for hydroxylation is 1. The predicted octanol–water partition coefficient (Wildman–Crippen LogP) is 5.26. The first-order chi connectivity index (χ1) is 11.0. The summed E-state index contributed by atoms with van der Waals surface area (Å²) in [7, 11) is 0. The summed E-state index contributed by atoms with van der Waals surface area (Å²) in [5.41, 5.74) is 15.3. The molecule has 0 heterocycles. The fourth-order valence-electron chi connectivity index (χ4n) is 3.79. The summed E-state index contributed by atoms with van der Waals surface area (Å²) < 4.78 is 0. The summed E-state index contributed by atoms with van der Waals surface area (Å²) in [5.74, 6) is 0. The third kappa shape index (κ3) is 2.50. The molecule has 0 saturated carbocycles. The Hall–Kier alpha value is -2.28. The maximum absolute atomic E-state index is 5.91. The summed E-state index contributed by atoms with van der Waals surface area (Å²) in [4.78, 5) is 0. The van der Waals surface area contributed by atoms with Gasteiger partial charge in [0.05, 0.1) is 0 Å². The van der Waals surface area contributed by atoms with Gasteiger partial charge < -0.3 is 5.73 Å². The van der Waals surface area contributed by atoms with Crippen molar-refractivity contribution in [3.63, 3.8) is 0 Å². The van der Waals surface area contributed by atoms with Crippen LogP contribution in [-0.4, -0.2) is 0 Å². The molecule has 0 aromatic heterocycles. The van der Waals surface area contributed by atoms with Gasteiger partial charge in [0.25, 0.3) is 0 Å². The third-order valence-electron chi connectivity index (χ3n) is 5.06. The van der Waals surface area contributed by atoms with Crippen LogP contribution >= 0.6 is 0 Å². The van der Waals surface area contributed by atoms with Crippen LogP contribution in [0.3, 0.4) is 0 Å². The lowest BCUT2D eigenvalue weighted by Crippen LogP contribution is -2.22. The van der Waals surface area contributed by atoms with E-state index in [0.717, 1.165) is 12.0 Å². The Bertz CT molecular complexity index is 807. The first-order valence-corrected chi connectivity index (χ1v) is 8.26. The van der Waals surface area contributed by atoms with E-state index in [1.807, 2.05) is 6.92 Å². The van der Waals surface area contributed by atoms with Gasteiger partial charge >= 0.3 is 0 Å². The summed E-state index contributed by atoms with van der Waals surface area (Å²) in [6.07, 6.45) is 6.95. The molecule has 1 nitrogen and oxygen atoms in total. The van der Waals surface area contributed by atoms with E-state index in [2.05, 4.69) is 69.3 Å². The van der Waals surface area contributed by atoms with Crippen LogP contribution in [0.15, 0.2) is 60.3 Å². The first-order valence-electron chi connectivity index (χ1n) is 8.26. The van der Waals surface area contributed by atoms with Crippen molar-refractivity contribution in [2.75, 3.05) is 0 Å². The van der Waals surface area contributed by atoms with Crippen molar-refractivity contribution in [1.82, 2.24) is 0 Å². The highest BCUT2D eigenvalue weighted by atomic mass is 14.5. The molecule has 0 atom stereocenters. The molecule has 2 aromatic carbocycles. The maximum Gasteiger partial charge on any atom is 0.0163 e. The minimum absolute atomic E-state index is 0.113. The summed E-state index contributed by atoms with van der Waals surface area (Å²) in [6, 6.07) is 13.5. The highest BCUT2D eigenvalue weighted by molar-refractivity contribution is 5.78. The Morgan fingerprint density at radius 3 is 2.52 bits per heavy atom. The zero-order valence-electron chi connectivity index (χ0n) is 14.5. The standard InChI is InChI=1S/C22H25N/c1-5-8-18(14-23)22(3,4)21-13-20-17(11-15(21)2)12-16-9-6-7-10-19(16)20/h5-11,13-14H,12,23H2,1-4H3/b8-5-,18-14-. The summed E-state index contributed by atoms with van der Waals surface area (Å²) in [5, 5.41) is 0. The highest BCUT2D eigenvalue weighted by Crippen LogP contribution is 2.42. The lowest BCUT2D eigenvalue weighted by atomic mass is 9.75. The van der Waals surface area contributed by atoms with Crippen LogP contribution in [0, 0.1) is 6.92 Å². The van der Waals surface area contributed by atoms with Gasteiger partial charge in [-0.15, -0.1) is 0 Å². The largest absolute Gasteiger partial charge is 0.404 e. The van der Waals surface area contributed by atoms with Crippen LogP contribution in [0.4, 0.5) is 0 Å². The molecule has 0 saturated heterocycles. The van der Waals surface area contributed by atoms with Gasteiger partial charge in [-0.05, 0) is 71.5 Å². The Morgan fingerprint density at radius 2 is 1.83 bits per heavy atom. The number of hydrogen-bond donors (Lipinski definition) is 1. The molecule has 0 unspecified atom stereocenters. The molecule has 2 aromatic rings. The van der Waals surface area contributed by atoms with Gasteiger partial charge in [-0.25, -0.2) is 0 Å². The lowest BCUT2D eigenvalue weighted by Gasteiger charge is -2.29. The van der Waals surface area contributed by atoms with Gasteiger partial charge in [-0.3, -0.25) is 0 Å². The van der Waals surface area contributed by atoms with Crippen LogP contribution in [0.25, 0.3) is 11.1 Å². The van der Waals surface area contributed by atoms with Crippen LogP contribution in [-0.2, 0) is 11.8 Å². The molecule has 23 heavy (non-hydrogen) atoms. The number of hydrogen-bond acceptors (Lipinski definition) is 1. The fourth-order valence-corrected chi connectivity index (χ4v) is 3.79. The van der Waals surface area contributed by atoms with Crippen LogP contribution in [0.1, 0.15) is 43.0 Å². The van der Waals surface area contributed by atoms with Crippen LogP contribution in [0.5, 0.6) is 0 Å². The fraction of sp³-hybridized carbons (Fsp3) is 0.273. The monoisotopic (exact) mass is 303 g/mol. The Balaban J connectivity index is 2.17. The number of nitrogens with two attached hydrogens (primary N) is 1. The van der Waals surface area contributed by atoms with Gasteiger partial charge in [-0.2, -0.15) is 0 Å². The first kappa shape index (κ1) is 15.6. The molecule has 1 heteroatoms. The molecule has 0 aliphatic heterocycles. The van der Waals surface area contributed by atoms with Crippen molar-refractivity contribution in [3.05, 3.63) is 82.6 Å². The molecule has 0 amide bonds. The van der Waals surface area contributed by atoms with Gasteiger partial charge in [0.15, 0.2) is 0 Å². The van der Waals surface area contributed by atoms with Gasteiger partial charge in [0.2, 0.25) is 0 Å². The number of allylic oxidation sites excluding steroid dienone is 3. The number of benzene rings is 2.